The fourth-order valence-corrected chi connectivity index (χ4v) is 8.70. The molecule has 0 heterocycles. The van der Waals surface area contributed by atoms with Gasteiger partial charge in [-0.1, -0.05) is 32.7 Å². The average molecular weight is 191 g/mol. The number of aliphatic hydroxyl groups is 1. The molecule has 0 fully saturated rings. The molecule has 0 aromatic rings. The van der Waals surface area contributed by atoms with E-state index in [1.54, 1.807) is 0 Å². The quantitative estimate of drug-likeness (QED) is 0.683. The number of hydrogen-bond acceptors (Lipinski definition) is 2. The van der Waals surface area contributed by atoms with E-state index in [0.29, 0.717) is 6.23 Å². The first-order chi connectivity index (χ1) is 4.72. The predicted octanol–water partition coefficient (Wildman–Crippen LogP) is 1.49. The highest BCUT2D eigenvalue weighted by atomic mass is 28.4. The van der Waals surface area contributed by atoms with Gasteiger partial charge in [0.2, 0.25) is 0 Å². The Morgan fingerprint density at radius 3 is 1.55 bits per heavy atom. The summed E-state index contributed by atoms with van der Waals surface area (Å²) in [7, 11) is -0.486. The fourth-order valence-electron chi connectivity index (χ4n) is 1.01. The molecule has 0 saturated carbocycles. The molecule has 68 valence electrons. The summed E-state index contributed by atoms with van der Waals surface area (Å²) in [6.07, 6.45) is 0.369. The first kappa shape index (κ1) is 11.4. The summed E-state index contributed by atoms with van der Waals surface area (Å²) in [5, 5.41) is 9.17. The molecule has 0 atom stereocenters. The van der Waals surface area contributed by atoms with E-state index in [2.05, 4.69) is 44.0 Å². The molecule has 0 bridgehead atoms. The Hall–Kier alpha value is 0.354. The van der Waals surface area contributed by atoms with Crippen LogP contribution in [0.3, 0.4) is 0 Å². The van der Waals surface area contributed by atoms with Crippen LogP contribution >= 0.6 is 0 Å². The molecule has 0 spiro atoms. The van der Waals surface area contributed by atoms with Gasteiger partial charge in [0.1, 0.15) is 16.5 Å². The van der Waals surface area contributed by atoms with Crippen molar-refractivity contribution in [3.8, 4) is 0 Å². The summed E-state index contributed by atoms with van der Waals surface area (Å²) < 4.78 is 2.46. The molecule has 0 aromatic carbocycles. The van der Waals surface area contributed by atoms with Crippen molar-refractivity contribution >= 4 is 16.5 Å². The highest BCUT2D eigenvalue weighted by Gasteiger charge is 2.33. The van der Waals surface area contributed by atoms with Crippen LogP contribution in [0.5, 0.6) is 0 Å². The topological polar surface area (TPSA) is 23.5 Å². The molecule has 0 saturated heterocycles. The molecular formula is C7H21NOSi2. The van der Waals surface area contributed by atoms with E-state index in [0.717, 1.165) is 0 Å². The minimum Gasteiger partial charge on any atom is -0.398 e. The zero-order valence-electron chi connectivity index (χ0n) is 8.60. The van der Waals surface area contributed by atoms with Gasteiger partial charge < -0.3 is 9.34 Å². The molecule has 0 aliphatic rings. The maximum atomic E-state index is 9.17. The van der Waals surface area contributed by atoms with Gasteiger partial charge in [-0.2, -0.15) is 0 Å². The second-order valence-electron chi connectivity index (χ2n) is 4.70. The molecular weight excluding hydrogens is 170 g/mol. The van der Waals surface area contributed by atoms with Crippen LogP contribution in [0.15, 0.2) is 0 Å². The van der Waals surface area contributed by atoms with Crippen LogP contribution in [0.4, 0.5) is 0 Å². The number of aliphatic hydroxyl groups excluding tert-OH is 1. The van der Waals surface area contributed by atoms with Crippen molar-refractivity contribution in [1.29, 1.82) is 0 Å². The lowest BCUT2D eigenvalue weighted by Crippen LogP contribution is -2.60. The Morgan fingerprint density at radius 1 is 1.09 bits per heavy atom. The molecule has 1 N–H and O–H groups in total. The molecule has 11 heavy (non-hydrogen) atoms. The van der Waals surface area contributed by atoms with Gasteiger partial charge in [0.15, 0.2) is 0 Å². The Labute approximate surface area is 72.4 Å². The monoisotopic (exact) mass is 191 g/mol. The van der Waals surface area contributed by atoms with Gasteiger partial charge in [0, 0.05) is 0 Å². The largest absolute Gasteiger partial charge is 0.398 e. The normalized spacial score (nSPS) is 14.2. The first-order valence-corrected chi connectivity index (χ1v) is 10.7. The van der Waals surface area contributed by atoms with Gasteiger partial charge in [-0.25, -0.2) is 0 Å². The average Bonchev–Trinajstić information content (AvgIpc) is 1.84. The van der Waals surface area contributed by atoms with Crippen LogP contribution < -0.4 is 0 Å². The molecule has 0 radical (unpaired) electrons. The van der Waals surface area contributed by atoms with Gasteiger partial charge in [0.25, 0.3) is 0 Å². The highest BCUT2D eigenvalue weighted by molar-refractivity contribution is 6.89. The predicted molar refractivity (Wildman–Crippen MR) is 55.7 cm³/mol. The van der Waals surface area contributed by atoms with Crippen LogP contribution in [0, 0.1) is 0 Å². The van der Waals surface area contributed by atoms with Crippen LogP contribution in [-0.2, 0) is 0 Å². The molecule has 0 unspecified atom stereocenters. The summed E-state index contributed by atoms with van der Waals surface area (Å²) in [4.78, 5) is 0. The number of hydrogen-bond donors (Lipinski definition) is 1. The summed E-state index contributed by atoms with van der Waals surface area (Å²) in [5.41, 5.74) is 0. The van der Waals surface area contributed by atoms with E-state index < -0.39 is 16.5 Å². The van der Waals surface area contributed by atoms with Crippen molar-refractivity contribution < 1.29 is 5.11 Å². The van der Waals surface area contributed by atoms with Gasteiger partial charge in [-0.15, -0.1) is 0 Å². The van der Waals surface area contributed by atoms with Crippen molar-refractivity contribution in [1.82, 2.24) is 4.23 Å². The van der Waals surface area contributed by atoms with E-state index >= 15 is 0 Å². The third-order valence-electron chi connectivity index (χ3n) is 2.30. The molecule has 0 aliphatic carbocycles. The van der Waals surface area contributed by atoms with Crippen molar-refractivity contribution in [2.75, 3.05) is 13.3 Å². The summed E-state index contributed by atoms with van der Waals surface area (Å²) in [6, 6.07) is 0. The lowest BCUT2D eigenvalue weighted by Gasteiger charge is -2.41. The molecule has 0 rings (SSSR count). The smallest absolute Gasteiger partial charge is 0.142 e. The number of rotatable bonds is 3. The third kappa shape index (κ3) is 3.07. The SMILES string of the molecule is CN([Si](C)(C)C)[Si](C)(C)CO. The second-order valence-corrected chi connectivity index (χ2v) is 14.8. The van der Waals surface area contributed by atoms with E-state index in [4.69, 9.17) is 0 Å². The Balaban J connectivity index is 4.35. The van der Waals surface area contributed by atoms with Crippen molar-refractivity contribution in [3.63, 3.8) is 0 Å². The molecule has 0 amide bonds. The van der Waals surface area contributed by atoms with Crippen LogP contribution in [0.25, 0.3) is 0 Å². The van der Waals surface area contributed by atoms with E-state index in [-0.39, 0.29) is 0 Å². The molecule has 4 heteroatoms. The minimum absolute atomic E-state index is 0.369. The van der Waals surface area contributed by atoms with Crippen molar-refractivity contribution in [2.45, 2.75) is 32.7 Å². The standard InChI is InChI=1S/C7H21NOSi2/c1-8(10(2,3)4)11(5,6)7-9/h9H,7H2,1-6H3. The zero-order valence-corrected chi connectivity index (χ0v) is 10.6. The molecule has 0 aliphatic heterocycles. The third-order valence-corrected chi connectivity index (χ3v) is 10.7. The molecule has 2 nitrogen and oxygen atoms in total. The van der Waals surface area contributed by atoms with Gasteiger partial charge in [-0.05, 0) is 7.05 Å². The Bertz CT molecular complexity index is 131. The van der Waals surface area contributed by atoms with Crippen LogP contribution in [-0.4, -0.2) is 39.1 Å². The van der Waals surface area contributed by atoms with E-state index in [9.17, 15) is 5.11 Å². The minimum atomic E-state index is -1.47. The maximum absolute atomic E-state index is 9.17. The lowest BCUT2D eigenvalue weighted by atomic mass is 11.6. The van der Waals surface area contributed by atoms with Crippen molar-refractivity contribution in [3.05, 3.63) is 0 Å². The fraction of sp³-hybridized carbons (Fsp3) is 1.00. The summed E-state index contributed by atoms with van der Waals surface area (Å²) >= 11 is 0. The van der Waals surface area contributed by atoms with E-state index in [1.807, 2.05) is 0 Å². The van der Waals surface area contributed by atoms with Gasteiger partial charge >= 0.3 is 0 Å². The van der Waals surface area contributed by atoms with Crippen molar-refractivity contribution in [2.24, 2.45) is 0 Å². The Morgan fingerprint density at radius 2 is 1.45 bits per heavy atom. The molecule has 0 aromatic heterocycles. The van der Waals surface area contributed by atoms with Gasteiger partial charge in [-0.3, -0.25) is 0 Å². The first-order valence-electron chi connectivity index (χ1n) is 4.06. The zero-order chi connectivity index (χ0) is 9.28. The second kappa shape index (κ2) is 3.39. The Kier molecular flexibility index (Phi) is 3.50. The van der Waals surface area contributed by atoms with Crippen LogP contribution in [0.2, 0.25) is 32.7 Å². The highest BCUT2D eigenvalue weighted by Crippen LogP contribution is 2.15. The summed E-state index contributed by atoms with van der Waals surface area (Å²) in [5.74, 6) is 0. The lowest BCUT2D eigenvalue weighted by molar-refractivity contribution is 0.349. The maximum Gasteiger partial charge on any atom is 0.142 e. The van der Waals surface area contributed by atoms with E-state index in [1.165, 1.54) is 0 Å². The number of nitrogens with zero attached hydrogens (tertiary/aromatic N) is 1. The van der Waals surface area contributed by atoms with Crippen LogP contribution in [0.1, 0.15) is 0 Å². The van der Waals surface area contributed by atoms with Gasteiger partial charge in [0.05, 0.1) is 6.23 Å². The summed E-state index contributed by atoms with van der Waals surface area (Å²) in [6.45, 7) is 11.4.